The summed E-state index contributed by atoms with van der Waals surface area (Å²) < 4.78 is 37.8. The summed E-state index contributed by atoms with van der Waals surface area (Å²) in [5.41, 5.74) is -1.35. The number of thioether (sulfide) groups is 1. The van der Waals surface area contributed by atoms with Gasteiger partial charge in [-0.05, 0) is 5.75 Å². The molecule has 0 spiro atoms. The van der Waals surface area contributed by atoms with Crippen molar-refractivity contribution >= 4 is 29.4 Å². The Labute approximate surface area is 116 Å². The molecule has 0 aromatic rings. The van der Waals surface area contributed by atoms with Crippen LogP contribution in [0.2, 0.25) is 0 Å². The van der Waals surface area contributed by atoms with Crippen LogP contribution < -0.4 is 0 Å². The number of halogens is 3. The largest absolute Gasteiger partial charge is 0.481 e. The van der Waals surface area contributed by atoms with Crippen molar-refractivity contribution < 1.29 is 32.7 Å². The van der Waals surface area contributed by atoms with Crippen molar-refractivity contribution in [3.8, 4) is 0 Å². The second-order valence-electron chi connectivity index (χ2n) is 4.01. The highest BCUT2D eigenvalue weighted by molar-refractivity contribution is 8.00. The zero-order chi connectivity index (χ0) is 15.7. The molecular formula is C11H12F3NO4S. The normalized spacial score (nSPS) is 19.8. The Kier molecular flexibility index (Phi) is 4.85. The van der Waals surface area contributed by atoms with E-state index in [9.17, 15) is 27.6 Å². The third-order valence-corrected chi connectivity index (χ3v) is 3.86. The predicted molar refractivity (Wildman–Crippen MR) is 65.0 cm³/mol. The van der Waals surface area contributed by atoms with Gasteiger partial charge in [0.25, 0.3) is 11.7 Å². The minimum atomic E-state index is -5.14. The van der Waals surface area contributed by atoms with Gasteiger partial charge in [0.05, 0.1) is 6.42 Å². The molecule has 0 fully saturated rings. The van der Waals surface area contributed by atoms with Gasteiger partial charge < -0.3 is 10.0 Å². The van der Waals surface area contributed by atoms with Gasteiger partial charge in [0.15, 0.2) is 0 Å². The van der Waals surface area contributed by atoms with Crippen LogP contribution >= 0.6 is 11.8 Å². The third kappa shape index (κ3) is 3.14. The van der Waals surface area contributed by atoms with Crippen molar-refractivity contribution in [3.63, 3.8) is 0 Å². The second kappa shape index (κ2) is 5.86. The maximum absolute atomic E-state index is 12.6. The summed E-state index contributed by atoms with van der Waals surface area (Å²) in [7, 11) is 1.24. The Balaban J connectivity index is 3.35. The third-order valence-electron chi connectivity index (χ3n) is 2.66. The maximum atomic E-state index is 12.6. The number of hydrogen-bond donors (Lipinski definition) is 1. The van der Waals surface area contributed by atoms with E-state index in [4.69, 9.17) is 5.11 Å². The molecule has 112 valence electrons. The summed E-state index contributed by atoms with van der Waals surface area (Å²) in [4.78, 5) is 35.0. The number of Topliss-reactive ketones (excluding diaryl/α,β-unsaturated/α-hetero) is 1. The van der Waals surface area contributed by atoms with Gasteiger partial charge in [-0.2, -0.15) is 13.2 Å². The zero-order valence-corrected chi connectivity index (χ0v) is 11.5. The molecule has 1 aliphatic heterocycles. The van der Waals surface area contributed by atoms with Crippen molar-refractivity contribution in [3.05, 3.63) is 11.1 Å². The Morgan fingerprint density at radius 1 is 1.40 bits per heavy atom. The van der Waals surface area contributed by atoms with Crippen LogP contribution in [0.4, 0.5) is 13.2 Å². The first-order valence-corrected chi connectivity index (χ1v) is 6.61. The molecule has 0 bridgehead atoms. The van der Waals surface area contributed by atoms with Crippen LogP contribution in [0.1, 0.15) is 13.3 Å². The van der Waals surface area contributed by atoms with E-state index in [0.717, 1.165) is 16.7 Å². The maximum Gasteiger partial charge on any atom is 0.454 e. The number of carbonyl (C=O) groups is 3. The summed E-state index contributed by atoms with van der Waals surface area (Å²) in [6, 6.07) is 0. The summed E-state index contributed by atoms with van der Waals surface area (Å²) in [6.45, 7) is 1.66. The average Bonchev–Trinajstić information content (AvgIpc) is 2.53. The fourth-order valence-electron chi connectivity index (χ4n) is 1.85. The number of carboxylic acid groups (broad SMARTS) is 1. The minimum absolute atomic E-state index is 0.372. The van der Waals surface area contributed by atoms with Gasteiger partial charge in [0.2, 0.25) is 0 Å². The fourth-order valence-corrected chi connectivity index (χ4v) is 2.91. The van der Waals surface area contributed by atoms with Crippen LogP contribution in [0, 0.1) is 0 Å². The van der Waals surface area contributed by atoms with E-state index >= 15 is 0 Å². The predicted octanol–water partition coefficient (Wildman–Crippen LogP) is 1.44. The first-order chi connectivity index (χ1) is 9.11. The van der Waals surface area contributed by atoms with Crippen molar-refractivity contribution in [2.45, 2.75) is 24.9 Å². The molecule has 0 saturated carbocycles. The molecule has 0 saturated heterocycles. The smallest absolute Gasteiger partial charge is 0.454 e. The fraction of sp³-hybridized carbons (Fsp3) is 0.545. The molecule has 0 aromatic carbocycles. The van der Waals surface area contributed by atoms with Crippen LogP contribution in [-0.4, -0.2) is 52.0 Å². The van der Waals surface area contributed by atoms with E-state index < -0.39 is 46.8 Å². The van der Waals surface area contributed by atoms with Gasteiger partial charge in [0, 0.05) is 18.2 Å². The average molecular weight is 311 g/mol. The molecule has 9 heteroatoms. The molecule has 20 heavy (non-hydrogen) atoms. The first-order valence-electron chi connectivity index (χ1n) is 5.56. The van der Waals surface area contributed by atoms with Crippen LogP contribution in [0.3, 0.4) is 0 Å². The van der Waals surface area contributed by atoms with Crippen molar-refractivity contribution in [2.24, 2.45) is 0 Å². The van der Waals surface area contributed by atoms with Crippen molar-refractivity contribution in [2.75, 3.05) is 12.8 Å². The molecule has 1 atom stereocenters. The quantitative estimate of drug-likeness (QED) is 0.831. The Hall–Kier alpha value is -1.51. The molecule has 0 unspecified atom stereocenters. The number of carbonyl (C=O) groups excluding carboxylic acids is 2. The van der Waals surface area contributed by atoms with Gasteiger partial charge in [-0.3, -0.25) is 14.4 Å². The molecule has 5 nitrogen and oxygen atoms in total. The monoisotopic (exact) mass is 311 g/mol. The van der Waals surface area contributed by atoms with E-state index in [1.54, 1.807) is 6.92 Å². The van der Waals surface area contributed by atoms with Gasteiger partial charge in [-0.25, -0.2) is 0 Å². The molecule has 1 aliphatic rings. The summed E-state index contributed by atoms with van der Waals surface area (Å²) in [6.07, 6.45) is -6.04. The number of carboxylic acids is 1. The number of aliphatic carboxylic acids is 1. The molecule has 0 aromatic heterocycles. The number of amides is 1. The summed E-state index contributed by atoms with van der Waals surface area (Å²) in [5, 5.41) is 7.59. The Bertz CT molecular complexity index is 487. The Morgan fingerprint density at radius 2 is 1.95 bits per heavy atom. The lowest BCUT2D eigenvalue weighted by Crippen LogP contribution is -2.34. The van der Waals surface area contributed by atoms with Gasteiger partial charge in [-0.15, -0.1) is 11.8 Å². The van der Waals surface area contributed by atoms with Crippen molar-refractivity contribution in [1.29, 1.82) is 0 Å². The summed E-state index contributed by atoms with van der Waals surface area (Å²) >= 11 is 0.968. The van der Waals surface area contributed by atoms with Gasteiger partial charge in [-0.1, -0.05) is 6.92 Å². The number of hydrogen-bond acceptors (Lipinski definition) is 4. The highest BCUT2D eigenvalue weighted by Gasteiger charge is 2.50. The first kappa shape index (κ1) is 16.5. The van der Waals surface area contributed by atoms with E-state index in [1.807, 2.05) is 0 Å². The highest BCUT2D eigenvalue weighted by atomic mass is 32.2. The van der Waals surface area contributed by atoms with Crippen molar-refractivity contribution in [1.82, 2.24) is 4.90 Å². The number of nitrogens with zero attached hydrogens (tertiary/aromatic N) is 1. The summed E-state index contributed by atoms with van der Waals surface area (Å²) in [5.74, 6) is -4.10. The van der Waals surface area contributed by atoms with Crippen LogP contribution in [-0.2, 0) is 14.4 Å². The molecule has 1 rings (SSSR count). The highest BCUT2D eigenvalue weighted by Crippen LogP contribution is 2.37. The molecule has 1 heterocycles. The second-order valence-corrected chi connectivity index (χ2v) is 5.37. The lowest BCUT2D eigenvalue weighted by molar-refractivity contribution is -0.166. The SMILES string of the molecule is CCS[C@H]1C(C(=O)C(F)(F)F)=C(CC(=O)O)C(=O)N1C. The number of likely N-dealkylation sites (N-methyl/N-ethyl adjacent to an activating group) is 1. The van der Waals surface area contributed by atoms with Crippen LogP contribution in [0.5, 0.6) is 0 Å². The van der Waals surface area contributed by atoms with Gasteiger partial charge in [0.1, 0.15) is 5.37 Å². The molecule has 0 aliphatic carbocycles. The van der Waals surface area contributed by atoms with Gasteiger partial charge >= 0.3 is 12.1 Å². The van der Waals surface area contributed by atoms with E-state index in [-0.39, 0.29) is 0 Å². The Morgan fingerprint density at radius 3 is 2.35 bits per heavy atom. The molecular weight excluding hydrogens is 299 g/mol. The molecule has 0 radical (unpaired) electrons. The minimum Gasteiger partial charge on any atom is -0.481 e. The number of ketones is 1. The van der Waals surface area contributed by atoms with Crippen LogP contribution in [0.25, 0.3) is 0 Å². The van der Waals surface area contributed by atoms with Crippen LogP contribution in [0.15, 0.2) is 11.1 Å². The molecule has 1 amide bonds. The standard InChI is InChI=1S/C11H12F3NO4S/c1-3-20-10-7(8(18)11(12,13)14)5(4-6(16)17)9(19)15(10)2/h10H,3-4H2,1-2H3,(H,16,17)/t10-/m0/s1. The number of alkyl halides is 3. The topological polar surface area (TPSA) is 74.7 Å². The zero-order valence-electron chi connectivity index (χ0n) is 10.7. The van der Waals surface area contributed by atoms with E-state index in [2.05, 4.69) is 0 Å². The van der Waals surface area contributed by atoms with E-state index in [1.165, 1.54) is 7.05 Å². The molecule has 1 N–H and O–H groups in total. The number of rotatable bonds is 5. The lowest BCUT2D eigenvalue weighted by Gasteiger charge is -2.21. The lowest BCUT2D eigenvalue weighted by atomic mass is 10.0. The van der Waals surface area contributed by atoms with E-state index in [0.29, 0.717) is 5.75 Å².